The lowest BCUT2D eigenvalue weighted by Gasteiger charge is -2.41. The van der Waals surface area contributed by atoms with E-state index in [1.165, 1.54) is 0 Å². The van der Waals surface area contributed by atoms with Gasteiger partial charge in [0.25, 0.3) is 0 Å². The van der Waals surface area contributed by atoms with Crippen molar-refractivity contribution < 1.29 is 92.6 Å². The first-order valence-corrected chi connectivity index (χ1v) is 12.3. The van der Waals surface area contributed by atoms with Crippen LogP contribution in [0.4, 0.5) is 0 Å². The van der Waals surface area contributed by atoms with Gasteiger partial charge in [0.1, 0.15) is 36.6 Å². The number of aliphatic carboxylic acids is 1. The molecule has 2 rings (SSSR count). The molecule has 0 amide bonds. The molecule has 0 aliphatic carbocycles. The van der Waals surface area contributed by atoms with E-state index in [-0.39, 0.29) is 12.3 Å². The van der Waals surface area contributed by atoms with Crippen LogP contribution >= 0.6 is 12.3 Å². The molecule has 2 aliphatic rings. The van der Waals surface area contributed by atoms with Crippen molar-refractivity contribution in [3.05, 3.63) is 0 Å². The molecule has 0 aromatic rings. The molecular weight excluding hydrogens is 560 g/mol. The van der Waals surface area contributed by atoms with Crippen LogP contribution in [0.25, 0.3) is 0 Å². The molecular formula is C12H20O20S3. The van der Waals surface area contributed by atoms with Crippen molar-refractivity contribution >= 4 is 39.1 Å². The van der Waals surface area contributed by atoms with Gasteiger partial charge < -0.3 is 34.6 Å². The second-order valence-electron chi connectivity index (χ2n) is 6.71. The Kier molecular flexibility index (Phi) is 10.9. The molecule has 7 N–H and O–H groups in total. The lowest BCUT2D eigenvalue weighted by Crippen LogP contribution is -2.62. The molecule has 0 aromatic heterocycles. The van der Waals surface area contributed by atoms with Crippen molar-refractivity contribution in [1.29, 1.82) is 0 Å². The first-order chi connectivity index (χ1) is 16.2. The number of rotatable bonds is 13. The normalized spacial score (nSPS) is 36.3. The number of carboxylic acid groups (broad SMARTS) is 1. The third kappa shape index (κ3) is 8.61. The van der Waals surface area contributed by atoms with Crippen molar-refractivity contribution in [3.63, 3.8) is 0 Å². The second-order valence-corrected chi connectivity index (χ2v) is 9.32. The Bertz CT molecular complexity index is 908. The molecule has 9 atom stereocenters. The van der Waals surface area contributed by atoms with Gasteiger partial charge in [-0.25, -0.2) is 18.4 Å². The van der Waals surface area contributed by atoms with Crippen LogP contribution in [0.15, 0.2) is 0 Å². The Hall–Kier alpha value is -0.840. The molecule has 23 heteroatoms. The monoisotopic (exact) mass is 580 g/mol. The van der Waals surface area contributed by atoms with Crippen molar-refractivity contribution in [2.45, 2.75) is 55.1 Å². The van der Waals surface area contributed by atoms with Crippen LogP contribution in [0.1, 0.15) is 0 Å². The van der Waals surface area contributed by atoms with Gasteiger partial charge in [-0.05, 0) is 0 Å². The highest BCUT2D eigenvalue weighted by atomic mass is 32.3. The third-order valence-electron chi connectivity index (χ3n) is 4.47. The topological polar surface area (TPSA) is 301 Å². The van der Waals surface area contributed by atoms with Crippen LogP contribution in [-0.4, -0.2) is 126 Å². The molecule has 0 saturated carbocycles. The van der Waals surface area contributed by atoms with Gasteiger partial charge in [0.05, 0.1) is 13.2 Å². The van der Waals surface area contributed by atoms with Gasteiger partial charge in [0, 0.05) is 0 Å². The molecule has 2 saturated heterocycles. The van der Waals surface area contributed by atoms with E-state index in [9.17, 15) is 42.1 Å². The predicted octanol–water partition coefficient (Wildman–Crippen LogP) is -3.96. The summed E-state index contributed by atoms with van der Waals surface area (Å²) in [6, 6.07) is 0. The van der Waals surface area contributed by atoms with E-state index in [0.717, 1.165) is 0 Å². The zero-order valence-corrected chi connectivity index (χ0v) is 19.2. The summed E-state index contributed by atoms with van der Waals surface area (Å²) >= 11 is 0.0270. The summed E-state index contributed by atoms with van der Waals surface area (Å²) < 4.78 is 96.2. The number of ether oxygens (including phenoxy) is 3. The number of aliphatic hydroxyl groups excluding tert-OH is 3. The Labute approximate surface area is 200 Å². The lowest BCUT2D eigenvalue weighted by atomic mass is 9.98. The van der Waals surface area contributed by atoms with Crippen LogP contribution in [0.2, 0.25) is 0 Å². The molecule has 0 radical (unpaired) electrons. The van der Waals surface area contributed by atoms with E-state index in [2.05, 4.69) is 17.7 Å². The quantitative estimate of drug-likeness (QED) is 0.0359. The average Bonchev–Trinajstić information content (AvgIpc) is 3.04. The van der Waals surface area contributed by atoms with Crippen molar-refractivity contribution in [2.75, 3.05) is 13.2 Å². The van der Waals surface area contributed by atoms with E-state index < -0.39 is 95.1 Å². The van der Waals surface area contributed by atoms with E-state index in [1.54, 1.807) is 0 Å². The third-order valence-corrected chi connectivity index (χ3v) is 5.75. The number of hydrogen-bond acceptors (Lipinski definition) is 18. The second kappa shape index (κ2) is 12.6. The maximum absolute atomic E-state index is 11.4. The number of aliphatic hydroxyl groups is 3. The Balaban J connectivity index is 2.39. The molecule has 2 heterocycles. The minimum atomic E-state index is -5.38. The minimum absolute atomic E-state index is 0.0270. The fourth-order valence-corrected chi connectivity index (χ4v) is 4.43. The molecule has 20 nitrogen and oxygen atoms in total. The van der Waals surface area contributed by atoms with E-state index in [0.29, 0.717) is 0 Å². The fourth-order valence-electron chi connectivity index (χ4n) is 3.18. The zero-order valence-electron chi connectivity index (χ0n) is 16.8. The largest absolute Gasteiger partial charge is 0.479 e. The Morgan fingerprint density at radius 3 is 2.03 bits per heavy atom. The zero-order chi connectivity index (χ0) is 26.6. The van der Waals surface area contributed by atoms with Gasteiger partial charge in [-0.15, -0.1) is 4.33 Å². The van der Waals surface area contributed by atoms with Crippen molar-refractivity contribution in [3.8, 4) is 0 Å². The van der Waals surface area contributed by atoms with Crippen molar-refractivity contribution in [1.82, 2.24) is 0 Å². The summed E-state index contributed by atoms with van der Waals surface area (Å²) in [6.45, 7) is -1.60. The molecule has 35 heavy (non-hydrogen) atoms. The summed E-state index contributed by atoms with van der Waals surface area (Å²) in [6.07, 6.45) is -18.3. The van der Waals surface area contributed by atoms with Gasteiger partial charge >= 0.3 is 26.8 Å². The summed E-state index contributed by atoms with van der Waals surface area (Å²) in [7, 11) is -10.6. The van der Waals surface area contributed by atoms with Crippen molar-refractivity contribution in [2.24, 2.45) is 0 Å². The minimum Gasteiger partial charge on any atom is -0.479 e. The summed E-state index contributed by atoms with van der Waals surface area (Å²) in [4.78, 5) is 11.4. The van der Waals surface area contributed by atoms with E-state index >= 15 is 0 Å². The predicted molar refractivity (Wildman–Crippen MR) is 100 cm³/mol. The maximum atomic E-state index is 11.4. The van der Waals surface area contributed by atoms with E-state index in [4.69, 9.17) is 32.8 Å². The standard InChI is InChI=1S/C12H20O20S3/c13-1-3-8(29-34(19,20)21)7(4(26-3)2-25-33-32-31-18)27-12-10(30-35(22,23)24)6(15)5(14)9(28-12)11(16)17/h3-10,12-15,18H,1-2H2,(H,16,17)(H,19,20,21)(H,22,23,24). The molecule has 206 valence electrons. The van der Waals surface area contributed by atoms with Crippen LogP contribution in [0.3, 0.4) is 0 Å². The number of carboxylic acids is 1. The fraction of sp³-hybridized carbons (Fsp3) is 0.917. The van der Waals surface area contributed by atoms with Crippen LogP contribution in [-0.2, 0) is 61.7 Å². The number of carbonyl (C=O) groups is 1. The molecule has 0 aromatic carbocycles. The van der Waals surface area contributed by atoms with Gasteiger partial charge in [-0.3, -0.25) is 13.3 Å². The Morgan fingerprint density at radius 2 is 1.51 bits per heavy atom. The first-order valence-electron chi connectivity index (χ1n) is 8.92. The highest BCUT2D eigenvalue weighted by Gasteiger charge is 2.55. The summed E-state index contributed by atoms with van der Waals surface area (Å²) in [5.41, 5.74) is 0. The Morgan fingerprint density at radius 1 is 0.914 bits per heavy atom. The summed E-state index contributed by atoms with van der Waals surface area (Å²) in [5.74, 6) is -1.85. The average molecular weight is 580 g/mol. The highest BCUT2D eigenvalue weighted by Crippen LogP contribution is 2.33. The molecule has 9 unspecified atom stereocenters. The molecule has 0 bridgehead atoms. The van der Waals surface area contributed by atoms with Gasteiger partial charge in [0.2, 0.25) is 0 Å². The van der Waals surface area contributed by atoms with E-state index in [1.807, 2.05) is 0 Å². The highest BCUT2D eigenvalue weighted by molar-refractivity contribution is 7.89. The van der Waals surface area contributed by atoms with Gasteiger partial charge in [0.15, 0.2) is 30.8 Å². The van der Waals surface area contributed by atoms with Gasteiger partial charge in [-0.2, -0.15) is 16.8 Å². The van der Waals surface area contributed by atoms with Crippen LogP contribution in [0, 0.1) is 0 Å². The lowest BCUT2D eigenvalue weighted by molar-refractivity contribution is -0.434. The number of hydrogen-bond donors (Lipinski definition) is 7. The van der Waals surface area contributed by atoms with Crippen LogP contribution < -0.4 is 0 Å². The SMILES string of the molecule is O=C(O)C1OC(OC2C(COSOOO)OC(CO)C2OS(=O)(=O)O)C(OS(=O)(=O)O)C(O)C1O. The van der Waals surface area contributed by atoms with Gasteiger partial charge in [-0.1, -0.05) is 5.04 Å². The molecule has 2 aliphatic heterocycles. The summed E-state index contributed by atoms with van der Waals surface area (Å²) in [5, 5.41) is 50.2. The first kappa shape index (κ1) is 30.4. The maximum Gasteiger partial charge on any atom is 0.397 e. The molecule has 0 spiro atoms. The van der Waals surface area contributed by atoms with Crippen LogP contribution in [0.5, 0.6) is 0 Å². The smallest absolute Gasteiger partial charge is 0.397 e. The molecule has 2 fully saturated rings.